The van der Waals surface area contributed by atoms with E-state index in [2.05, 4.69) is 52.3 Å². The molecule has 19 nitrogen and oxygen atoms in total. The van der Waals surface area contributed by atoms with Gasteiger partial charge < -0.3 is 48.0 Å². The van der Waals surface area contributed by atoms with Gasteiger partial charge in [-0.15, -0.1) is 0 Å². The molecule has 21 heteroatoms. The van der Waals surface area contributed by atoms with Gasteiger partial charge in [-0.2, -0.15) is 11.3 Å². The first kappa shape index (κ1) is 64.7. The van der Waals surface area contributed by atoms with E-state index in [9.17, 15) is 24.0 Å². The summed E-state index contributed by atoms with van der Waals surface area (Å²) in [6.45, 7) is 26.0. The smallest absolute Gasteiger partial charge is 0.416 e. The quantitative estimate of drug-likeness (QED) is 0.0228. The van der Waals surface area contributed by atoms with Crippen LogP contribution >= 0.6 is 11.3 Å². The largest absolute Gasteiger partial charge is 0.493 e. The topological polar surface area (TPSA) is 209 Å². The Labute approximate surface area is 521 Å². The third-order valence-electron chi connectivity index (χ3n) is 17.9. The Bertz CT molecular complexity index is 3350. The molecule has 1 aromatic heterocycles. The van der Waals surface area contributed by atoms with E-state index >= 15 is 9.59 Å². The van der Waals surface area contributed by atoms with Gasteiger partial charge in [0, 0.05) is 37.7 Å². The number of anilines is 2. The van der Waals surface area contributed by atoms with Crippen LogP contribution in [0.15, 0.2) is 96.9 Å². The highest BCUT2D eigenvalue weighted by Gasteiger charge is 2.60. The first-order valence-corrected chi connectivity index (χ1v) is 34.1. The van der Waals surface area contributed by atoms with Gasteiger partial charge in [0.15, 0.2) is 31.8 Å². The summed E-state index contributed by atoms with van der Waals surface area (Å²) in [5.41, 5.74) is 5.20. The summed E-state index contributed by atoms with van der Waals surface area (Å²) in [6, 6.07) is 14.2. The van der Waals surface area contributed by atoms with Crippen LogP contribution in [0.5, 0.6) is 17.2 Å². The molecule has 5 atom stereocenters. The molecule has 0 radical (unpaired) electrons. The molecule has 1 aliphatic carbocycles. The SMILES string of the molecule is C=CCOC(=O)C[C@H](C(=O)N[C@@H](C)C(=O)Cc1ccc(COC(=O)N2c3cc(OCCCOc4cc5c(cc4OC)C(=O)N4C=C(c6ccsc6)C[C@H]4CN5C(=O)OCC=C)c(C)cc3C(=O)N3CC4(CC4)C[C@H]3C2O[Si](C)(C)C(C)(C)C)cc1)C(C)C. The van der Waals surface area contributed by atoms with Crippen molar-refractivity contribution in [1.29, 1.82) is 0 Å². The molecule has 4 aliphatic heterocycles. The van der Waals surface area contributed by atoms with E-state index in [1.807, 2.05) is 48.7 Å². The molecule has 1 N–H and O–H groups in total. The minimum atomic E-state index is -2.68. The summed E-state index contributed by atoms with van der Waals surface area (Å²) in [4.78, 5) is 104. The number of ether oxygens (including phenoxy) is 6. The van der Waals surface area contributed by atoms with Gasteiger partial charge in [0.25, 0.3) is 11.8 Å². The number of esters is 1. The number of methoxy groups -OCH3 is 1. The molecule has 1 spiro atoms. The van der Waals surface area contributed by atoms with Crippen LogP contribution in [0.2, 0.25) is 18.1 Å². The number of hydrogen-bond donors (Lipinski definition) is 1. The Hall–Kier alpha value is -7.75. The van der Waals surface area contributed by atoms with Crippen molar-refractivity contribution in [3.63, 3.8) is 0 Å². The van der Waals surface area contributed by atoms with Crippen molar-refractivity contribution in [3.05, 3.63) is 130 Å². The van der Waals surface area contributed by atoms with Gasteiger partial charge in [-0.25, -0.2) is 14.5 Å². The summed E-state index contributed by atoms with van der Waals surface area (Å²) in [5.74, 6) is -1.47. The molecule has 88 heavy (non-hydrogen) atoms. The predicted octanol–water partition coefficient (Wildman–Crippen LogP) is 11.8. The highest BCUT2D eigenvalue weighted by Crippen LogP contribution is 2.58. The van der Waals surface area contributed by atoms with Crippen LogP contribution in [-0.4, -0.2) is 131 Å². The number of carbonyl (C=O) groups is 7. The fourth-order valence-electron chi connectivity index (χ4n) is 11.5. The molecule has 9 rings (SSSR count). The fourth-order valence-corrected chi connectivity index (χ4v) is 13.4. The first-order chi connectivity index (χ1) is 41.9. The number of aryl methyl sites for hydroxylation is 1. The van der Waals surface area contributed by atoms with Gasteiger partial charge >= 0.3 is 18.2 Å². The molecule has 4 aromatic rings. The van der Waals surface area contributed by atoms with Crippen LogP contribution in [-0.2, 0) is 46.0 Å². The Balaban J connectivity index is 0.921. The van der Waals surface area contributed by atoms with E-state index in [-0.39, 0.29) is 98.0 Å². The third-order valence-corrected chi connectivity index (χ3v) is 23.0. The van der Waals surface area contributed by atoms with Crippen LogP contribution in [0.3, 0.4) is 0 Å². The maximum Gasteiger partial charge on any atom is 0.416 e. The van der Waals surface area contributed by atoms with Gasteiger partial charge in [-0.05, 0) is 126 Å². The highest BCUT2D eigenvalue weighted by molar-refractivity contribution is 7.08. The van der Waals surface area contributed by atoms with Gasteiger partial charge in [-0.1, -0.05) is 84.2 Å². The van der Waals surface area contributed by atoms with Crippen LogP contribution in [0.4, 0.5) is 21.0 Å². The molecule has 5 heterocycles. The number of ketones is 1. The lowest BCUT2D eigenvalue weighted by Gasteiger charge is -2.44. The van der Waals surface area contributed by atoms with Crippen LogP contribution < -0.4 is 29.3 Å². The number of rotatable bonds is 24. The van der Waals surface area contributed by atoms with Crippen molar-refractivity contribution < 1.29 is 66.4 Å². The Morgan fingerprint density at radius 3 is 2.16 bits per heavy atom. The Morgan fingerprint density at radius 1 is 0.841 bits per heavy atom. The average Bonchev–Trinajstić information content (AvgIpc) is 1.57. The van der Waals surface area contributed by atoms with E-state index in [4.69, 9.17) is 32.8 Å². The lowest BCUT2D eigenvalue weighted by Crippen LogP contribution is -2.58. The van der Waals surface area contributed by atoms with Crippen molar-refractivity contribution in [2.24, 2.45) is 17.3 Å². The van der Waals surface area contributed by atoms with E-state index in [1.54, 1.807) is 71.7 Å². The third kappa shape index (κ3) is 14.2. The number of nitrogens with zero attached hydrogens (tertiary/aromatic N) is 4. The van der Waals surface area contributed by atoms with Crippen molar-refractivity contribution in [1.82, 2.24) is 15.1 Å². The zero-order chi connectivity index (χ0) is 63.4. The number of amides is 5. The van der Waals surface area contributed by atoms with Gasteiger partial charge in [0.1, 0.15) is 25.6 Å². The summed E-state index contributed by atoms with van der Waals surface area (Å²) < 4.78 is 42.9. The second-order valence-electron chi connectivity index (χ2n) is 25.5. The molecule has 3 aromatic carbocycles. The normalized spacial score (nSPS) is 19.0. The number of nitrogens with one attached hydrogen (secondary N) is 1. The second kappa shape index (κ2) is 26.9. The monoisotopic (exact) mass is 1240 g/mol. The summed E-state index contributed by atoms with van der Waals surface area (Å²) in [5, 5.41) is 6.54. The number of carbonyl (C=O) groups excluding carboxylic acids is 7. The lowest BCUT2D eigenvalue weighted by atomic mass is 9.91. The number of thiophene rings is 1. The van der Waals surface area contributed by atoms with Crippen molar-refractivity contribution in [2.45, 2.75) is 143 Å². The zero-order valence-corrected chi connectivity index (χ0v) is 54.1. The van der Waals surface area contributed by atoms with Crippen LogP contribution in [0.1, 0.15) is 123 Å². The average molecular weight is 1240 g/mol. The van der Waals surface area contributed by atoms with E-state index in [1.165, 1.54) is 29.1 Å². The molecular weight excluding hydrogens is 1160 g/mol. The Morgan fingerprint density at radius 2 is 1.51 bits per heavy atom. The van der Waals surface area contributed by atoms with Crippen molar-refractivity contribution >= 4 is 78.3 Å². The molecule has 1 saturated carbocycles. The summed E-state index contributed by atoms with van der Waals surface area (Å²) in [7, 11) is -1.19. The summed E-state index contributed by atoms with van der Waals surface area (Å²) >= 11 is 1.57. The fraction of sp³-hybridized carbons (Fsp3) is 0.478. The minimum absolute atomic E-state index is 0.0200. The van der Waals surface area contributed by atoms with E-state index in [0.29, 0.717) is 76.7 Å². The van der Waals surface area contributed by atoms with Gasteiger partial charge in [0.05, 0.1) is 79.8 Å². The lowest BCUT2D eigenvalue weighted by molar-refractivity contribution is -0.146. The van der Waals surface area contributed by atoms with Gasteiger partial charge in [-0.3, -0.25) is 28.9 Å². The highest BCUT2D eigenvalue weighted by atomic mass is 32.1. The maximum atomic E-state index is 15.2. The molecule has 1 saturated heterocycles. The van der Waals surface area contributed by atoms with Crippen LogP contribution in [0.25, 0.3) is 5.57 Å². The summed E-state index contributed by atoms with van der Waals surface area (Å²) in [6.07, 6.45) is 6.00. The van der Waals surface area contributed by atoms with E-state index in [0.717, 1.165) is 24.0 Å². The maximum absolute atomic E-state index is 15.2. The molecule has 470 valence electrons. The molecule has 5 amide bonds. The molecule has 2 fully saturated rings. The van der Waals surface area contributed by atoms with E-state index < -0.39 is 56.6 Å². The standard InChI is InChI=1S/C67H83N5O14SSi/c1-13-23-83-59(74)32-49(41(3)4)60(75)68-43(6)55(73)29-44-16-18-45(19-17-44)38-85-65(79)72-53-34-56(42(5)28-50(53)62(77)71-40-67(21-22-67)35-54(71)63(72)86-88(11,12)66(7,8)9)81-25-15-26-82-58-33-52-51(31-57(58)80-10)61(76)69-36-47(46-20-27-87-39-46)30-48(69)37-70(52)64(78)84-24-14-2/h13-14,16-20,27-28,31,33-34,36,39,41,43,48-49,54,63H,1-2,15,21-26,29-30,32,35,37-38,40H2,3-12H3,(H,68,75)/t43-,48-,49-,54-,63?/m0/s1. The molecule has 1 unspecified atom stereocenters. The number of hydrogen-bond acceptors (Lipinski definition) is 15. The number of Topliss-reactive ketones (excluding diaryl/α,β-unsaturated/α-hetero) is 1. The van der Waals surface area contributed by atoms with Gasteiger partial charge in [0.2, 0.25) is 5.91 Å². The first-order valence-electron chi connectivity index (χ1n) is 30.2. The van der Waals surface area contributed by atoms with Crippen LogP contribution in [0, 0.1) is 24.2 Å². The van der Waals surface area contributed by atoms with Crippen molar-refractivity contribution in [3.8, 4) is 17.2 Å². The molecule has 5 aliphatic rings. The predicted molar refractivity (Wildman–Crippen MR) is 338 cm³/mol. The Kier molecular flexibility index (Phi) is 19.8. The van der Waals surface area contributed by atoms with Crippen molar-refractivity contribution in [2.75, 3.05) is 56.4 Å². The second-order valence-corrected chi connectivity index (χ2v) is 31.1. The molecular formula is C67H83N5O14SSi. The zero-order valence-electron chi connectivity index (χ0n) is 52.3. The number of fused-ring (bicyclic) bond motifs is 4. The molecule has 0 bridgehead atoms. The minimum Gasteiger partial charge on any atom is -0.493 e. The number of benzene rings is 3.